The highest BCUT2D eigenvalue weighted by atomic mass is 35.5. The molecule has 2 N–H and O–H groups in total. The highest BCUT2D eigenvalue weighted by molar-refractivity contribution is 6.35. The number of carbonyl (C=O) groups excluding carboxylic acids is 1. The fourth-order valence-corrected chi connectivity index (χ4v) is 6.27. The molecule has 0 saturated carbocycles. The fourth-order valence-electron chi connectivity index (χ4n) is 5.74. The zero-order valence-corrected chi connectivity index (χ0v) is 27.9. The van der Waals surface area contributed by atoms with Gasteiger partial charge in [0.05, 0.1) is 18.1 Å². The number of benzene rings is 1. The molecule has 45 heavy (non-hydrogen) atoms. The van der Waals surface area contributed by atoms with Gasteiger partial charge in [-0.2, -0.15) is 0 Å². The smallest absolute Gasteiger partial charge is 0.314 e. The zero-order chi connectivity index (χ0) is 31.8. The van der Waals surface area contributed by atoms with E-state index in [0.29, 0.717) is 34.1 Å². The first-order chi connectivity index (χ1) is 21.7. The quantitative estimate of drug-likeness (QED) is 0.262. The van der Waals surface area contributed by atoms with Gasteiger partial charge in [0.15, 0.2) is 5.75 Å². The minimum Gasteiger partial charge on any atom is -0.436 e. The number of anilines is 1. The largest absolute Gasteiger partial charge is 0.436 e. The van der Waals surface area contributed by atoms with Crippen LogP contribution in [-0.4, -0.2) is 90.2 Å². The summed E-state index contributed by atoms with van der Waals surface area (Å²) < 4.78 is 6.23. The van der Waals surface area contributed by atoms with Crippen LogP contribution in [0.3, 0.4) is 0 Å². The second-order valence-corrected chi connectivity index (χ2v) is 13.2. The summed E-state index contributed by atoms with van der Waals surface area (Å²) in [5, 5.41) is 6.64. The van der Waals surface area contributed by atoms with Gasteiger partial charge in [-0.25, -0.2) is 19.7 Å². The molecule has 2 fully saturated rings. The Balaban J connectivity index is 1.26. The minimum atomic E-state index is -0.134. The number of halogens is 2. The number of piperazine rings is 1. The highest BCUT2D eigenvalue weighted by Gasteiger charge is 2.22. The molecule has 2 amide bonds. The monoisotopic (exact) mass is 654 g/mol. The summed E-state index contributed by atoms with van der Waals surface area (Å²) in [7, 11) is 1.63. The summed E-state index contributed by atoms with van der Waals surface area (Å²) in [6, 6.07) is 9.32. The van der Waals surface area contributed by atoms with Crippen LogP contribution in [0, 0.1) is 11.8 Å². The summed E-state index contributed by atoms with van der Waals surface area (Å²) in [6.07, 6.45) is 6.70. The van der Waals surface area contributed by atoms with Gasteiger partial charge in [0.2, 0.25) is 11.8 Å². The van der Waals surface area contributed by atoms with E-state index in [-0.39, 0.29) is 6.03 Å². The maximum Gasteiger partial charge on any atom is 0.314 e. The van der Waals surface area contributed by atoms with Crippen molar-refractivity contribution in [2.24, 2.45) is 11.8 Å². The van der Waals surface area contributed by atoms with Crippen molar-refractivity contribution >= 4 is 35.2 Å². The van der Waals surface area contributed by atoms with Crippen LogP contribution in [0.25, 0.3) is 11.3 Å². The van der Waals surface area contributed by atoms with Gasteiger partial charge in [0.1, 0.15) is 0 Å². The van der Waals surface area contributed by atoms with Gasteiger partial charge in [0, 0.05) is 68.0 Å². The second-order valence-electron chi connectivity index (χ2n) is 12.4. The third-order valence-corrected chi connectivity index (χ3v) is 8.86. The average molecular weight is 656 g/mol. The third kappa shape index (κ3) is 9.90. The number of hydrogen-bond donors (Lipinski definition) is 2. The third-order valence-electron chi connectivity index (χ3n) is 8.43. The van der Waals surface area contributed by atoms with E-state index in [4.69, 9.17) is 32.9 Å². The molecule has 0 bridgehead atoms. The first-order valence-electron chi connectivity index (χ1n) is 15.9. The number of hydrogen-bond acceptors (Lipinski definition) is 8. The maximum absolute atomic E-state index is 11.6. The van der Waals surface area contributed by atoms with Gasteiger partial charge in [-0.1, -0.05) is 37.0 Å². The second kappa shape index (κ2) is 15.9. The highest BCUT2D eigenvalue weighted by Crippen LogP contribution is 2.31. The molecular formula is C33H44Cl2N8O2. The molecule has 1 aromatic carbocycles. The number of urea groups is 1. The van der Waals surface area contributed by atoms with Gasteiger partial charge < -0.3 is 20.3 Å². The van der Waals surface area contributed by atoms with Gasteiger partial charge in [-0.3, -0.25) is 9.80 Å². The average Bonchev–Trinajstić information content (AvgIpc) is 3.03. The van der Waals surface area contributed by atoms with E-state index in [1.807, 2.05) is 18.2 Å². The standard InChI is InChI=1S/C33H44Cl2N8O2/c1-23(2)4-7-41-10-12-43(13-11-41)32-37-20-29(21-38-32)45-31-15-25(14-30(40-31)26-16-27(34)18-28(35)17-26)22-42-8-5-24(6-9-42)19-39-33(44)36-3/h14-18,20-21,23-24H,4-13,19,22H2,1-3H3,(H2,36,39,44). The number of piperidine rings is 1. The minimum absolute atomic E-state index is 0.134. The summed E-state index contributed by atoms with van der Waals surface area (Å²) in [4.78, 5) is 32.8. The topological polar surface area (TPSA) is 98.8 Å². The molecule has 2 aliphatic rings. The number of carbonyl (C=O) groups is 1. The van der Waals surface area contributed by atoms with Crippen molar-refractivity contribution in [3.63, 3.8) is 0 Å². The Bertz CT molecular complexity index is 1390. The van der Waals surface area contributed by atoms with E-state index in [2.05, 4.69) is 55.2 Å². The van der Waals surface area contributed by atoms with E-state index in [9.17, 15) is 4.79 Å². The van der Waals surface area contributed by atoms with E-state index in [1.54, 1.807) is 25.5 Å². The molecule has 2 aromatic heterocycles. The molecule has 12 heteroatoms. The molecule has 2 aliphatic heterocycles. The molecule has 4 heterocycles. The van der Waals surface area contributed by atoms with E-state index >= 15 is 0 Å². The molecular weight excluding hydrogens is 611 g/mol. The molecule has 0 aliphatic carbocycles. The summed E-state index contributed by atoms with van der Waals surface area (Å²) >= 11 is 12.7. The zero-order valence-electron chi connectivity index (χ0n) is 26.4. The van der Waals surface area contributed by atoms with Crippen molar-refractivity contribution in [2.45, 2.75) is 39.7 Å². The first-order valence-corrected chi connectivity index (χ1v) is 16.6. The van der Waals surface area contributed by atoms with Crippen LogP contribution in [0.1, 0.15) is 38.7 Å². The van der Waals surface area contributed by atoms with Crippen LogP contribution in [0.4, 0.5) is 10.7 Å². The van der Waals surface area contributed by atoms with E-state index < -0.39 is 0 Å². The predicted molar refractivity (Wildman–Crippen MR) is 180 cm³/mol. The number of rotatable bonds is 11. The van der Waals surface area contributed by atoms with Gasteiger partial charge in [0.25, 0.3) is 0 Å². The number of likely N-dealkylation sites (tertiary alicyclic amines) is 1. The Morgan fingerprint density at radius 2 is 1.64 bits per heavy atom. The SMILES string of the molecule is CNC(=O)NCC1CCN(Cc2cc(Oc3cnc(N4CCN(CCC(C)C)CC4)nc3)nc(-c3cc(Cl)cc(Cl)c3)c2)CC1. The van der Waals surface area contributed by atoms with Gasteiger partial charge in [-0.05, 0) is 80.6 Å². The van der Waals surface area contributed by atoms with Crippen LogP contribution < -0.4 is 20.3 Å². The van der Waals surface area contributed by atoms with Crippen LogP contribution in [0.15, 0.2) is 42.7 Å². The van der Waals surface area contributed by atoms with Crippen molar-refractivity contribution < 1.29 is 9.53 Å². The summed E-state index contributed by atoms with van der Waals surface area (Å²) in [6.45, 7) is 12.9. The van der Waals surface area contributed by atoms with Gasteiger partial charge in [-0.15, -0.1) is 0 Å². The number of nitrogens with one attached hydrogen (secondary N) is 2. The van der Waals surface area contributed by atoms with Crippen molar-refractivity contribution in [3.05, 3.63) is 58.3 Å². The molecule has 3 aromatic rings. The number of nitrogens with zero attached hydrogens (tertiary/aromatic N) is 6. The molecule has 5 rings (SSSR count). The molecule has 0 radical (unpaired) electrons. The van der Waals surface area contributed by atoms with Crippen molar-refractivity contribution in [2.75, 3.05) is 64.3 Å². The summed E-state index contributed by atoms with van der Waals surface area (Å²) in [5.41, 5.74) is 2.61. The normalized spacial score (nSPS) is 16.6. The summed E-state index contributed by atoms with van der Waals surface area (Å²) in [5.74, 6) is 2.89. The lowest BCUT2D eigenvalue weighted by atomic mass is 9.96. The van der Waals surface area contributed by atoms with E-state index in [1.165, 1.54) is 6.42 Å². The Hall–Kier alpha value is -3.18. The molecule has 2 saturated heterocycles. The maximum atomic E-state index is 11.6. The lowest BCUT2D eigenvalue weighted by Crippen LogP contribution is -2.47. The molecule has 10 nitrogen and oxygen atoms in total. The van der Waals surface area contributed by atoms with Gasteiger partial charge >= 0.3 is 6.03 Å². The lowest BCUT2D eigenvalue weighted by molar-refractivity contribution is 0.175. The van der Waals surface area contributed by atoms with Crippen LogP contribution in [-0.2, 0) is 6.54 Å². The van der Waals surface area contributed by atoms with E-state index in [0.717, 1.165) is 93.9 Å². The first kappa shape index (κ1) is 33.2. The Labute approximate surface area is 276 Å². The number of amides is 2. The fraction of sp³-hybridized carbons (Fsp3) is 0.515. The predicted octanol–water partition coefficient (Wildman–Crippen LogP) is 5.95. The molecule has 0 spiro atoms. The molecule has 242 valence electrons. The molecule has 0 atom stereocenters. The number of ether oxygens (including phenoxy) is 1. The Morgan fingerprint density at radius 3 is 2.29 bits per heavy atom. The van der Waals surface area contributed by atoms with Crippen molar-refractivity contribution in [1.82, 2.24) is 35.4 Å². The van der Waals surface area contributed by atoms with Crippen LogP contribution >= 0.6 is 23.2 Å². The molecule has 0 unspecified atom stereocenters. The van der Waals surface area contributed by atoms with Crippen LogP contribution in [0.5, 0.6) is 11.6 Å². The van der Waals surface area contributed by atoms with Crippen molar-refractivity contribution in [1.29, 1.82) is 0 Å². The number of aromatic nitrogens is 3. The van der Waals surface area contributed by atoms with Crippen molar-refractivity contribution in [3.8, 4) is 22.9 Å². The van der Waals surface area contributed by atoms with Crippen LogP contribution in [0.2, 0.25) is 10.0 Å². The Morgan fingerprint density at radius 1 is 0.956 bits per heavy atom. The lowest BCUT2D eigenvalue weighted by Gasteiger charge is -2.34. The number of pyridine rings is 1. The Kier molecular flexibility index (Phi) is 11.7.